The maximum Gasteiger partial charge on any atom is 0.339 e. The Morgan fingerprint density at radius 3 is 2.83 bits per heavy atom. The Bertz CT molecular complexity index is 573. The molecule has 1 heterocycles. The Hall–Kier alpha value is -2.10. The first-order valence-corrected chi connectivity index (χ1v) is 6.00. The van der Waals surface area contributed by atoms with E-state index in [2.05, 4.69) is 5.10 Å². The Balaban J connectivity index is 2.54. The number of aryl methyl sites for hydroxylation is 1. The first-order chi connectivity index (χ1) is 8.63. The molecule has 0 bridgehead atoms. The third-order valence-electron chi connectivity index (χ3n) is 2.83. The largest absolute Gasteiger partial charge is 0.478 e. The van der Waals surface area contributed by atoms with Crippen LogP contribution in [0, 0.1) is 6.92 Å². The first-order valence-electron chi connectivity index (χ1n) is 6.00. The average molecular weight is 244 g/mol. The zero-order valence-electron chi connectivity index (χ0n) is 10.6. The molecule has 0 aliphatic carbocycles. The third kappa shape index (κ3) is 2.27. The third-order valence-corrected chi connectivity index (χ3v) is 2.83. The minimum atomic E-state index is -0.919. The second-order valence-corrected chi connectivity index (χ2v) is 4.31. The molecule has 2 aromatic rings. The standard InChI is InChI=1S/C14H16N2O2/c1-3-5-13-12(14(17)18)9-15-16(13)11-7-4-6-10(2)8-11/h4,6-9H,3,5H2,1-2H3,(H,17,18). The number of rotatable bonds is 4. The van der Waals surface area contributed by atoms with Gasteiger partial charge < -0.3 is 5.11 Å². The van der Waals surface area contributed by atoms with Crippen molar-refractivity contribution >= 4 is 5.97 Å². The topological polar surface area (TPSA) is 55.1 Å². The van der Waals surface area contributed by atoms with E-state index >= 15 is 0 Å². The van der Waals surface area contributed by atoms with Crippen LogP contribution in [0.1, 0.15) is 35.0 Å². The highest BCUT2D eigenvalue weighted by Crippen LogP contribution is 2.17. The summed E-state index contributed by atoms with van der Waals surface area (Å²) in [6.07, 6.45) is 3.02. The van der Waals surface area contributed by atoms with Gasteiger partial charge in [0.05, 0.1) is 17.6 Å². The number of aromatic carboxylic acids is 1. The molecule has 4 nitrogen and oxygen atoms in total. The Labute approximate surface area is 106 Å². The smallest absolute Gasteiger partial charge is 0.339 e. The summed E-state index contributed by atoms with van der Waals surface area (Å²) in [7, 11) is 0. The molecule has 4 heteroatoms. The lowest BCUT2D eigenvalue weighted by atomic mass is 10.1. The molecule has 0 spiro atoms. The van der Waals surface area contributed by atoms with Gasteiger partial charge in [0.1, 0.15) is 5.56 Å². The molecular weight excluding hydrogens is 228 g/mol. The second kappa shape index (κ2) is 5.04. The van der Waals surface area contributed by atoms with Gasteiger partial charge >= 0.3 is 5.97 Å². The summed E-state index contributed by atoms with van der Waals surface area (Å²) in [6.45, 7) is 4.03. The van der Waals surface area contributed by atoms with Crippen LogP contribution in [-0.2, 0) is 6.42 Å². The van der Waals surface area contributed by atoms with Crippen LogP contribution < -0.4 is 0 Å². The molecule has 1 N–H and O–H groups in total. The quantitative estimate of drug-likeness (QED) is 0.899. The molecule has 0 saturated heterocycles. The fraction of sp³-hybridized carbons (Fsp3) is 0.286. The van der Waals surface area contributed by atoms with Gasteiger partial charge in [-0.2, -0.15) is 5.10 Å². The summed E-state index contributed by atoms with van der Waals surface area (Å²) in [5, 5.41) is 13.4. The van der Waals surface area contributed by atoms with Gasteiger partial charge in [0.2, 0.25) is 0 Å². The van der Waals surface area contributed by atoms with Crippen molar-refractivity contribution < 1.29 is 9.90 Å². The molecule has 1 aromatic carbocycles. The SMILES string of the molecule is CCCc1c(C(=O)O)cnn1-c1cccc(C)c1. The molecule has 0 unspecified atom stereocenters. The Morgan fingerprint density at radius 2 is 2.22 bits per heavy atom. The van der Waals surface area contributed by atoms with Crippen molar-refractivity contribution in [3.8, 4) is 5.69 Å². The highest BCUT2D eigenvalue weighted by atomic mass is 16.4. The predicted octanol–water partition coefficient (Wildman–Crippen LogP) is 2.83. The number of benzene rings is 1. The van der Waals surface area contributed by atoms with Gasteiger partial charge in [0.25, 0.3) is 0 Å². The summed E-state index contributed by atoms with van der Waals surface area (Å²) in [5.74, 6) is -0.919. The second-order valence-electron chi connectivity index (χ2n) is 4.31. The van der Waals surface area contributed by atoms with E-state index in [1.165, 1.54) is 6.20 Å². The average Bonchev–Trinajstić information content (AvgIpc) is 2.73. The van der Waals surface area contributed by atoms with Gasteiger partial charge in [-0.1, -0.05) is 25.5 Å². The van der Waals surface area contributed by atoms with Crippen molar-refractivity contribution in [1.29, 1.82) is 0 Å². The van der Waals surface area contributed by atoms with E-state index in [0.29, 0.717) is 12.0 Å². The number of hydrogen-bond acceptors (Lipinski definition) is 2. The van der Waals surface area contributed by atoms with Crippen LogP contribution in [0.5, 0.6) is 0 Å². The minimum Gasteiger partial charge on any atom is -0.478 e. The number of carboxylic acids is 1. The normalized spacial score (nSPS) is 10.6. The van der Waals surface area contributed by atoms with Crippen molar-refractivity contribution in [3.05, 3.63) is 47.3 Å². The highest BCUT2D eigenvalue weighted by molar-refractivity contribution is 5.88. The number of aromatic nitrogens is 2. The van der Waals surface area contributed by atoms with Gasteiger partial charge in [-0.15, -0.1) is 0 Å². The van der Waals surface area contributed by atoms with E-state index in [-0.39, 0.29) is 0 Å². The van der Waals surface area contributed by atoms with Gasteiger partial charge in [0.15, 0.2) is 0 Å². The maximum absolute atomic E-state index is 11.2. The molecule has 0 aliphatic heterocycles. The molecule has 0 atom stereocenters. The predicted molar refractivity (Wildman–Crippen MR) is 69.3 cm³/mol. The Morgan fingerprint density at radius 1 is 1.44 bits per heavy atom. The van der Waals surface area contributed by atoms with Gasteiger partial charge in [-0.05, 0) is 31.0 Å². The molecule has 0 fully saturated rings. The van der Waals surface area contributed by atoms with E-state index in [1.54, 1.807) is 4.68 Å². The molecular formula is C14H16N2O2. The van der Waals surface area contributed by atoms with Crippen LogP contribution >= 0.6 is 0 Å². The molecule has 1 aromatic heterocycles. The van der Waals surface area contributed by atoms with E-state index < -0.39 is 5.97 Å². The van der Waals surface area contributed by atoms with Crippen LogP contribution in [0.15, 0.2) is 30.5 Å². The molecule has 0 aliphatic rings. The van der Waals surface area contributed by atoms with Crippen molar-refractivity contribution in [3.63, 3.8) is 0 Å². The van der Waals surface area contributed by atoms with Crippen LogP contribution in [-0.4, -0.2) is 20.9 Å². The fourth-order valence-corrected chi connectivity index (χ4v) is 2.01. The van der Waals surface area contributed by atoms with Crippen molar-refractivity contribution in [1.82, 2.24) is 9.78 Å². The van der Waals surface area contributed by atoms with Crippen LogP contribution in [0.3, 0.4) is 0 Å². The van der Waals surface area contributed by atoms with Crippen molar-refractivity contribution in [2.45, 2.75) is 26.7 Å². The van der Waals surface area contributed by atoms with Crippen molar-refractivity contribution in [2.75, 3.05) is 0 Å². The van der Waals surface area contributed by atoms with E-state index in [9.17, 15) is 4.79 Å². The number of nitrogens with zero attached hydrogens (tertiary/aromatic N) is 2. The van der Waals surface area contributed by atoms with Crippen LogP contribution in [0.4, 0.5) is 0 Å². The summed E-state index contributed by atoms with van der Waals surface area (Å²) >= 11 is 0. The summed E-state index contributed by atoms with van der Waals surface area (Å²) in [4.78, 5) is 11.2. The summed E-state index contributed by atoms with van der Waals surface area (Å²) in [6, 6.07) is 7.88. The molecule has 94 valence electrons. The zero-order chi connectivity index (χ0) is 13.1. The minimum absolute atomic E-state index is 0.290. The summed E-state index contributed by atoms with van der Waals surface area (Å²) < 4.78 is 1.72. The lowest BCUT2D eigenvalue weighted by Crippen LogP contribution is -2.06. The monoisotopic (exact) mass is 244 g/mol. The van der Waals surface area contributed by atoms with Gasteiger partial charge in [0, 0.05) is 0 Å². The molecule has 18 heavy (non-hydrogen) atoms. The number of hydrogen-bond donors (Lipinski definition) is 1. The lowest BCUT2D eigenvalue weighted by molar-refractivity contribution is 0.0695. The zero-order valence-corrected chi connectivity index (χ0v) is 10.6. The fourth-order valence-electron chi connectivity index (χ4n) is 2.01. The van der Waals surface area contributed by atoms with Crippen LogP contribution in [0.25, 0.3) is 5.69 Å². The van der Waals surface area contributed by atoms with Gasteiger partial charge in [-0.3, -0.25) is 0 Å². The van der Waals surface area contributed by atoms with E-state index in [1.807, 2.05) is 38.1 Å². The molecule has 0 saturated carbocycles. The molecule has 0 amide bonds. The number of carboxylic acid groups (broad SMARTS) is 1. The highest BCUT2D eigenvalue weighted by Gasteiger charge is 2.16. The summed E-state index contributed by atoms with van der Waals surface area (Å²) in [5.41, 5.74) is 3.09. The van der Waals surface area contributed by atoms with Crippen molar-refractivity contribution in [2.24, 2.45) is 0 Å². The van der Waals surface area contributed by atoms with Gasteiger partial charge in [-0.25, -0.2) is 9.48 Å². The first kappa shape index (κ1) is 12.4. The van der Waals surface area contributed by atoms with E-state index in [0.717, 1.165) is 23.4 Å². The lowest BCUT2D eigenvalue weighted by Gasteiger charge is -2.08. The maximum atomic E-state index is 11.2. The van der Waals surface area contributed by atoms with E-state index in [4.69, 9.17) is 5.11 Å². The van der Waals surface area contributed by atoms with Crippen LogP contribution in [0.2, 0.25) is 0 Å². The number of carbonyl (C=O) groups is 1. The molecule has 2 rings (SSSR count). The molecule has 0 radical (unpaired) electrons. The Kier molecular flexibility index (Phi) is 3.46.